The molecule has 0 saturated carbocycles. The van der Waals surface area contributed by atoms with E-state index in [0.29, 0.717) is 31.7 Å². The molecule has 0 spiro atoms. The maximum absolute atomic E-state index is 11.9. The van der Waals surface area contributed by atoms with Gasteiger partial charge in [0.15, 0.2) is 0 Å². The Morgan fingerprint density at radius 2 is 2.04 bits per heavy atom. The van der Waals surface area contributed by atoms with Gasteiger partial charge >= 0.3 is 6.03 Å². The fourth-order valence-electron chi connectivity index (χ4n) is 3.29. The first-order valence-corrected chi connectivity index (χ1v) is 8.68. The van der Waals surface area contributed by atoms with Crippen molar-refractivity contribution in [2.45, 2.75) is 44.1 Å². The van der Waals surface area contributed by atoms with Gasteiger partial charge < -0.3 is 20.1 Å². The molecule has 0 aliphatic carbocycles. The molecule has 2 aliphatic heterocycles. The first kappa shape index (κ1) is 16.1. The molecule has 0 unspecified atom stereocenters. The van der Waals surface area contributed by atoms with Crippen molar-refractivity contribution in [3.05, 3.63) is 29.8 Å². The summed E-state index contributed by atoms with van der Waals surface area (Å²) >= 11 is 0. The van der Waals surface area contributed by atoms with Gasteiger partial charge in [-0.2, -0.15) is 0 Å². The summed E-state index contributed by atoms with van der Waals surface area (Å²) in [6.07, 6.45) is 5.66. The number of urea groups is 1. The number of para-hydroxylation sites is 1. The number of fused-ring (bicyclic) bond motifs is 1. The van der Waals surface area contributed by atoms with Crippen LogP contribution in [0.1, 0.15) is 43.6 Å². The van der Waals surface area contributed by atoms with E-state index in [1.54, 1.807) is 0 Å². The Morgan fingerprint density at radius 3 is 2.91 bits per heavy atom. The summed E-state index contributed by atoms with van der Waals surface area (Å²) in [6, 6.07) is 7.98. The Labute approximate surface area is 137 Å². The van der Waals surface area contributed by atoms with Gasteiger partial charge in [0.05, 0.1) is 12.7 Å². The van der Waals surface area contributed by atoms with Crippen molar-refractivity contribution < 1.29 is 14.3 Å². The van der Waals surface area contributed by atoms with Crippen molar-refractivity contribution in [1.82, 2.24) is 10.6 Å². The van der Waals surface area contributed by atoms with Crippen LogP contribution in [0.15, 0.2) is 24.3 Å². The van der Waals surface area contributed by atoms with Gasteiger partial charge in [-0.25, -0.2) is 4.79 Å². The number of nitrogens with one attached hydrogen (secondary N) is 2. The molecular formula is C18H26N2O3. The lowest BCUT2D eigenvalue weighted by Crippen LogP contribution is -2.40. The number of carbonyl (C=O) groups is 1. The summed E-state index contributed by atoms with van der Waals surface area (Å²) in [4.78, 5) is 11.9. The van der Waals surface area contributed by atoms with E-state index in [1.807, 2.05) is 18.2 Å². The minimum absolute atomic E-state index is 0.0928. The summed E-state index contributed by atoms with van der Waals surface area (Å²) in [5, 5.41) is 5.92. The summed E-state index contributed by atoms with van der Waals surface area (Å²) < 4.78 is 11.3. The van der Waals surface area contributed by atoms with Crippen LogP contribution in [-0.2, 0) is 4.74 Å². The van der Waals surface area contributed by atoms with Gasteiger partial charge in [0.1, 0.15) is 5.75 Å². The molecule has 5 nitrogen and oxygen atoms in total. The zero-order chi connectivity index (χ0) is 15.9. The van der Waals surface area contributed by atoms with E-state index in [9.17, 15) is 4.79 Å². The van der Waals surface area contributed by atoms with Gasteiger partial charge in [-0.3, -0.25) is 0 Å². The van der Waals surface area contributed by atoms with Gasteiger partial charge in [0, 0.05) is 25.6 Å². The van der Waals surface area contributed by atoms with Crippen molar-refractivity contribution in [2.24, 2.45) is 0 Å². The zero-order valence-electron chi connectivity index (χ0n) is 13.6. The second kappa shape index (κ2) is 8.20. The molecule has 1 saturated heterocycles. The molecule has 2 N–H and O–H groups in total. The standard InChI is InChI=1S/C18H26N2O3/c21-18(19-10-8-15-5-3-4-11-22-15)20-13-14-9-12-23-17-7-2-1-6-16(14)17/h1-2,6-7,14-15H,3-5,8-13H2,(H2,19,20,21)/t14-,15-/m0/s1. The van der Waals surface area contributed by atoms with Crippen LogP contribution in [0.2, 0.25) is 0 Å². The molecule has 0 radical (unpaired) electrons. The lowest BCUT2D eigenvalue weighted by atomic mass is 9.93. The molecule has 2 aliphatic rings. The molecule has 3 rings (SSSR count). The quantitative estimate of drug-likeness (QED) is 0.877. The average molecular weight is 318 g/mol. The summed E-state index contributed by atoms with van der Waals surface area (Å²) in [6.45, 7) is 2.89. The first-order chi connectivity index (χ1) is 11.3. The maximum atomic E-state index is 11.9. The van der Waals surface area contributed by atoms with Crippen molar-refractivity contribution in [2.75, 3.05) is 26.3 Å². The molecule has 1 aromatic rings. The monoisotopic (exact) mass is 318 g/mol. The van der Waals surface area contributed by atoms with Gasteiger partial charge in [-0.1, -0.05) is 18.2 Å². The zero-order valence-corrected chi connectivity index (χ0v) is 13.6. The highest BCUT2D eigenvalue weighted by Crippen LogP contribution is 2.32. The van der Waals surface area contributed by atoms with Crippen LogP contribution in [0, 0.1) is 0 Å². The minimum Gasteiger partial charge on any atom is -0.493 e. The molecule has 1 aromatic carbocycles. The molecule has 0 aromatic heterocycles. The van der Waals surface area contributed by atoms with Gasteiger partial charge in [-0.15, -0.1) is 0 Å². The Morgan fingerprint density at radius 1 is 1.13 bits per heavy atom. The van der Waals surface area contributed by atoms with Crippen LogP contribution in [0.3, 0.4) is 0 Å². The van der Waals surface area contributed by atoms with Crippen molar-refractivity contribution >= 4 is 6.03 Å². The van der Waals surface area contributed by atoms with Crippen LogP contribution < -0.4 is 15.4 Å². The topological polar surface area (TPSA) is 59.6 Å². The maximum Gasteiger partial charge on any atom is 0.314 e. The van der Waals surface area contributed by atoms with Gasteiger partial charge in [0.2, 0.25) is 0 Å². The molecule has 2 heterocycles. The summed E-state index contributed by atoms with van der Waals surface area (Å²) in [5.74, 6) is 1.27. The van der Waals surface area contributed by atoms with E-state index >= 15 is 0 Å². The predicted molar refractivity (Wildman–Crippen MR) is 88.9 cm³/mol. The molecule has 126 valence electrons. The largest absolute Gasteiger partial charge is 0.493 e. The predicted octanol–water partition coefficient (Wildman–Crippen LogP) is 2.81. The molecule has 0 bridgehead atoms. The molecule has 5 heteroatoms. The van der Waals surface area contributed by atoms with E-state index in [0.717, 1.165) is 38.0 Å². The number of hydrogen-bond acceptors (Lipinski definition) is 3. The van der Waals surface area contributed by atoms with E-state index in [4.69, 9.17) is 9.47 Å². The summed E-state index contributed by atoms with van der Waals surface area (Å²) in [5.41, 5.74) is 1.19. The fraction of sp³-hybridized carbons (Fsp3) is 0.611. The van der Waals surface area contributed by atoms with Crippen LogP contribution in [0.4, 0.5) is 4.79 Å². The van der Waals surface area contributed by atoms with Crippen LogP contribution in [-0.4, -0.2) is 38.4 Å². The highest BCUT2D eigenvalue weighted by Gasteiger charge is 2.21. The third-order valence-corrected chi connectivity index (χ3v) is 4.62. The fourth-order valence-corrected chi connectivity index (χ4v) is 3.29. The van der Waals surface area contributed by atoms with E-state index in [2.05, 4.69) is 16.7 Å². The van der Waals surface area contributed by atoms with Crippen LogP contribution in [0.25, 0.3) is 0 Å². The van der Waals surface area contributed by atoms with Gasteiger partial charge in [0.25, 0.3) is 0 Å². The first-order valence-electron chi connectivity index (χ1n) is 8.68. The Balaban J connectivity index is 1.38. The van der Waals surface area contributed by atoms with E-state index < -0.39 is 0 Å². The number of amides is 2. The number of ether oxygens (including phenoxy) is 2. The third kappa shape index (κ3) is 4.61. The van der Waals surface area contributed by atoms with E-state index in [1.165, 1.54) is 12.0 Å². The lowest BCUT2D eigenvalue weighted by Gasteiger charge is -2.26. The SMILES string of the molecule is O=C(NCC[C@@H]1CCCCO1)NC[C@@H]1CCOc2ccccc21. The number of hydrogen-bond donors (Lipinski definition) is 2. The van der Waals surface area contributed by atoms with Crippen LogP contribution in [0.5, 0.6) is 5.75 Å². The Bertz CT molecular complexity index is 515. The average Bonchev–Trinajstić information content (AvgIpc) is 2.61. The highest BCUT2D eigenvalue weighted by molar-refractivity contribution is 5.73. The molecule has 2 amide bonds. The van der Waals surface area contributed by atoms with Crippen molar-refractivity contribution in [1.29, 1.82) is 0 Å². The Kier molecular flexibility index (Phi) is 5.75. The smallest absolute Gasteiger partial charge is 0.314 e. The Hall–Kier alpha value is -1.75. The molecule has 1 fully saturated rings. The van der Waals surface area contributed by atoms with Crippen molar-refractivity contribution in [3.8, 4) is 5.75 Å². The molecular weight excluding hydrogens is 292 g/mol. The van der Waals surface area contributed by atoms with E-state index in [-0.39, 0.29) is 6.03 Å². The second-order valence-corrected chi connectivity index (χ2v) is 6.29. The lowest BCUT2D eigenvalue weighted by molar-refractivity contribution is 0.0120. The number of rotatable bonds is 5. The van der Waals surface area contributed by atoms with Gasteiger partial charge in [-0.05, 0) is 43.7 Å². The summed E-state index contributed by atoms with van der Waals surface area (Å²) in [7, 11) is 0. The third-order valence-electron chi connectivity index (χ3n) is 4.62. The molecule has 2 atom stereocenters. The highest BCUT2D eigenvalue weighted by atomic mass is 16.5. The van der Waals surface area contributed by atoms with Crippen molar-refractivity contribution in [3.63, 3.8) is 0 Å². The number of benzene rings is 1. The minimum atomic E-state index is -0.0928. The second-order valence-electron chi connectivity index (χ2n) is 6.29. The number of carbonyl (C=O) groups excluding carboxylic acids is 1. The van der Waals surface area contributed by atoms with Crippen LogP contribution >= 0.6 is 0 Å². The normalized spacial score (nSPS) is 23.5. The molecule has 23 heavy (non-hydrogen) atoms.